The van der Waals surface area contributed by atoms with Crippen LogP contribution in [0.25, 0.3) is 0 Å². The molecule has 0 aromatic heterocycles. The molecule has 2 saturated carbocycles. The van der Waals surface area contributed by atoms with Gasteiger partial charge in [0.15, 0.2) is 5.78 Å². The lowest BCUT2D eigenvalue weighted by Gasteiger charge is -2.50. The molecule has 0 heterocycles. The van der Waals surface area contributed by atoms with Crippen molar-refractivity contribution >= 4 is 17.5 Å². The fourth-order valence-electron chi connectivity index (χ4n) is 8.34. The summed E-state index contributed by atoms with van der Waals surface area (Å²) < 4.78 is 5.68. The number of aryl methyl sites for hydroxylation is 2. The Labute approximate surface area is 245 Å². The number of ketones is 2. The molecule has 218 valence electrons. The summed E-state index contributed by atoms with van der Waals surface area (Å²) in [6.45, 7) is 5.61. The third-order valence-corrected chi connectivity index (χ3v) is 10.2. The van der Waals surface area contributed by atoms with E-state index in [2.05, 4.69) is 13.0 Å². The minimum atomic E-state index is -0.528. The van der Waals surface area contributed by atoms with E-state index < -0.39 is 5.78 Å². The van der Waals surface area contributed by atoms with Crippen molar-refractivity contribution in [2.75, 3.05) is 0 Å². The number of hydrogen-bond donors (Lipinski definition) is 3. The second-order valence-electron chi connectivity index (χ2n) is 12.6. The molecule has 3 aromatic carbocycles. The highest BCUT2D eigenvalue weighted by molar-refractivity contribution is 6.30. The summed E-state index contributed by atoms with van der Waals surface area (Å²) in [6, 6.07) is 13.3. The number of rotatable bonds is 1. The van der Waals surface area contributed by atoms with Gasteiger partial charge in [-0.15, -0.1) is 0 Å². The lowest BCUT2D eigenvalue weighted by atomic mass is 9.55. The third kappa shape index (κ3) is 4.46. The Hall–Kier alpha value is -4.13. The number of phenolic OH excluding ortho intramolecular Hbond substituents is 3. The van der Waals surface area contributed by atoms with Gasteiger partial charge in [-0.05, 0) is 110 Å². The van der Waals surface area contributed by atoms with Crippen LogP contribution < -0.4 is 0 Å². The Morgan fingerprint density at radius 1 is 0.881 bits per heavy atom. The summed E-state index contributed by atoms with van der Waals surface area (Å²) in [5, 5.41) is 29.4. The van der Waals surface area contributed by atoms with Gasteiger partial charge in [-0.1, -0.05) is 25.1 Å². The lowest BCUT2D eigenvalue weighted by molar-refractivity contribution is -0.154. The SMILES string of the molecule is CC(=O)OC1CCC2C3CCc4cc(O)ccc4C3CCC12C.Cc1cc(O)c2c(c1)C(=O)c1cccc(O)c1C2=O. The number of ether oxygens (including phenoxy) is 1. The van der Waals surface area contributed by atoms with Crippen LogP contribution in [-0.2, 0) is 16.0 Å². The number of hydrogen-bond acceptors (Lipinski definition) is 7. The Morgan fingerprint density at radius 2 is 1.64 bits per heavy atom. The molecule has 2 fully saturated rings. The third-order valence-electron chi connectivity index (χ3n) is 10.2. The second-order valence-corrected chi connectivity index (χ2v) is 12.6. The van der Waals surface area contributed by atoms with Crippen LogP contribution in [0.4, 0.5) is 0 Å². The summed E-state index contributed by atoms with van der Waals surface area (Å²) in [5.74, 6) is 0.859. The van der Waals surface area contributed by atoms with Crippen LogP contribution in [0.5, 0.6) is 17.2 Å². The molecule has 7 heteroatoms. The van der Waals surface area contributed by atoms with Crippen LogP contribution in [0.3, 0.4) is 0 Å². The molecule has 4 aliphatic rings. The van der Waals surface area contributed by atoms with Gasteiger partial charge in [-0.3, -0.25) is 14.4 Å². The van der Waals surface area contributed by atoms with Crippen molar-refractivity contribution in [2.45, 2.75) is 71.3 Å². The highest BCUT2D eigenvalue weighted by atomic mass is 16.5. The van der Waals surface area contributed by atoms with Gasteiger partial charge < -0.3 is 20.1 Å². The zero-order valence-corrected chi connectivity index (χ0v) is 24.1. The lowest BCUT2D eigenvalue weighted by Crippen LogP contribution is -2.45. The first-order chi connectivity index (χ1) is 20.0. The number of carbonyl (C=O) groups excluding carboxylic acids is 3. The highest BCUT2D eigenvalue weighted by Crippen LogP contribution is 2.61. The molecular formula is C35H36O7. The number of esters is 1. The zero-order valence-electron chi connectivity index (χ0n) is 24.1. The van der Waals surface area contributed by atoms with E-state index in [0.717, 1.165) is 19.3 Å². The van der Waals surface area contributed by atoms with Gasteiger partial charge in [-0.25, -0.2) is 0 Å². The summed E-state index contributed by atoms with van der Waals surface area (Å²) in [5.41, 5.74) is 3.91. The van der Waals surface area contributed by atoms with Gasteiger partial charge in [0.25, 0.3) is 0 Å². The van der Waals surface area contributed by atoms with Gasteiger partial charge in [-0.2, -0.15) is 0 Å². The summed E-state index contributed by atoms with van der Waals surface area (Å²) in [4.78, 5) is 36.1. The van der Waals surface area contributed by atoms with Gasteiger partial charge in [0.2, 0.25) is 5.78 Å². The Morgan fingerprint density at radius 3 is 2.40 bits per heavy atom. The van der Waals surface area contributed by atoms with Crippen LogP contribution in [0.1, 0.15) is 100 Å². The van der Waals surface area contributed by atoms with Crippen LogP contribution >= 0.6 is 0 Å². The van der Waals surface area contributed by atoms with Crippen LogP contribution in [0.2, 0.25) is 0 Å². The smallest absolute Gasteiger partial charge is 0.302 e. The first-order valence-corrected chi connectivity index (χ1v) is 14.7. The van der Waals surface area contributed by atoms with Crippen molar-refractivity contribution < 1.29 is 34.4 Å². The standard InChI is InChI=1S/C20H26O3.C15H10O4/c1-12(21)23-19-8-7-18-17-5-3-13-11-14(22)4-6-15(13)16(17)9-10-20(18,19)2;1-7-5-9-13(11(17)6-7)15(19)12-8(14(9)18)3-2-4-10(12)16/h4,6,11,16-19,22H,3,5,7-10H2,1-2H3;2-6,16-17H,1H3. The van der Waals surface area contributed by atoms with Crippen LogP contribution in [-0.4, -0.2) is 39.0 Å². The molecule has 0 aliphatic heterocycles. The topological polar surface area (TPSA) is 121 Å². The Bertz CT molecular complexity index is 1620. The molecule has 0 bridgehead atoms. The van der Waals surface area contributed by atoms with E-state index in [9.17, 15) is 29.7 Å². The molecule has 7 rings (SSSR count). The van der Waals surface area contributed by atoms with Crippen molar-refractivity contribution in [3.63, 3.8) is 0 Å². The molecule has 7 nitrogen and oxygen atoms in total. The molecule has 3 N–H and O–H groups in total. The van der Waals surface area contributed by atoms with E-state index in [-0.39, 0.29) is 57.0 Å². The molecule has 0 amide bonds. The largest absolute Gasteiger partial charge is 0.508 e. The fraction of sp³-hybridized carbons (Fsp3) is 0.400. The molecule has 0 radical (unpaired) electrons. The van der Waals surface area contributed by atoms with Gasteiger partial charge >= 0.3 is 5.97 Å². The second kappa shape index (κ2) is 10.3. The molecule has 0 spiro atoms. The van der Waals surface area contributed by atoms with E-state index in [1.807, 2.05) is 12.1 Å². The molecule has 4 aliphatic carbocycles. The maximum Gasteiger partial charge on any atom is 0.302 e. The molecular weight excluding hydrogens is 532 g/mol. The summed E-state index contributed by atoms with van der Waals surface area (Å²) in [7, 11) is 0. The van der Waals surface area contributed by atoms with E-state index in [0.29, 0.717) is 29.1 Å². The predicted molar refractivity (Wildman–Crippen MR) is 156 cm³/mol. The normalized spacial score (nSPS) is 26.9. The number of carbonyl (C=O) groups is 3. The summed E-state index contributed by atoms with van der Waals surface area (Å²) >= 11 is 0. The van der Waals surface area contributed by atoms with Crippen molar-refractivity contribution in [3.05, 3.63) is 87.5 Å². The minimum Gasteiger partial charge on any atom is -0.508 e. The minimum absolute atomic E-state index is 0.0374. The zero-order chi connectivity index (χ0) is 29.9. The van der Waals surface area contributed by atoms with Gasteiger partial charge in [0.05, 0.1) is 11.1 Å². The monoisotopic (exact) mass is 568 g/mol. The number of benzene rings is 3. The number of fused-ring (bicyclic) bond motifs is 7. The van der Waals surface area contributed by atoms with Crippen LogP contribution in [0, 0.1) is 24.2 Å². The average Bonchev–Trinajstić information content (AvgIpc) is 3.26. The van der Waals surface area contributed by atoms with Gasteiger partial charge in [0.1, 0.15) is 23.4 Å². The molecule has 42 heavy (non-hydrogen) atoms. The molecule has 5 atom stereocenters. The van der Waals surface area contributed by atoms with Gasteiger partial charge in [0, 0.05) is 23.5 Å². The highest BCUT2D eigenvalue weighted by Gasteiger charge is 2.56. The fourth-order valence-corrected chi connectivity index (χ4v) is 8.34. The Balaban J connectivity index is 0.000000153. The molecule has 0 saturated heterocycles. The van der Waals surface area contributed by atoms with Crippen molar-refractivity contribution in [1.29, 1.82) is 0 Å². The average molecular weight is 569 g/mol. The van der Waals surface area contributed by atoms with Crippen molar-refractivity contribution in [1.82, 2.24) is 0 Å². The summed E-state index contributed by atoms with van der Waals surface area (Å²) in [6.07, 6.45) is 6.89. The Kier molecular flexibility index (Phi) is 6.87. The first kappa shape index (κ1) is 28.0. The molecule has 3 aromatic rings. The van der Waals surface area contributed by atoms with Crippen molar-refractivity contribution in [3.8, 4) is 17.2 Å². The van der Waals surface area contributed by atoms with E-state index in [1.165, 1.54) is 61.6 Å². The van der Waals surface area contributed by atoms with Crippen LogP contribution in [0.15, 0.2) is 48.5 Å². The van der Waals surface area contributed by atoms with Crippen molar-refractivity contribution in [2.24, 2.45) is 17.3 Å². The maximum atomic E-state index is 12.3. The van der Waals surface area contributed by atoms with E-state index in [4.69, 9.17) is 4.74 Å². The quantitative estimate of drug-likeness (QED) is 0.228. The van der Waals surface area contributed by atoms with E-state index >= 15 is 0 Å². The van der Waals surface area contributed by atoms with E-state index in [1.54, 1.807) is 13.0 Å². The maximum absolute atomic E-state index is 12.3. The molecule has 5 unspecified atom stereocenters. The number of aromatic hydroxyl groups is 3. The first-order valence-electron chi connectivity index (χ1n) is 14.7. The number of phenols is 3. The predicted octanol–water partition coefficient (Wildman–Crippen LogP) is 6.36.